The number of halogens is 4. The molecule has 3 rings (SSSR count). The van der Waals surface area contributed by atoms with Crippen LogP contribution < -0.4 is 10.2 Å². The minimum Gasteiger partial charge on any atom is -0.370 e. The highest BCUT2D eigenvalue weighted by Crippen LogP contribution is 2.29. The zero-order valence-electron chi connectivity index (χ0n) is 12.6. The van der Waals surface area contributed by atoms with E-state index >= 15 is 0 Å². The topological polar surface area (TPSA) is 32.3 Å². The van der Waals surface area contributed by atoms with E-state index in [-0.39, 0.29) is 0 Å². The quantitative estimate of drug-likeness (QED) is 0.519. The Bertz CT molecular complexity index is 788. The largest absolute Gasteiger partial charge is 0.370 e. The molecule has 0 spiro atoms. The van der Waals surface area contributed by atoms with Crippen molar-refractivity contribution in [2.45, 2.75) is 12.8 Å². The molecule has 0 unspecified atom stereocenters. The molecule has 2 aromatic rings. The van der Waals surface area contributed by atoms with Crippen molar-refractivity contribution in [2.24, 2.45) is 0 Å². The second-order valence-corrected chi connectivity index (χ2v) is 5.51. The van der Waals surface area contributed by atoms with E-state index in [9.17, 15) is 22.4 Å². The molecule has 126 valence electrons. The van der Waals surface area contributed by atoms with Gasteiger partial charge in [0.15, 0.2) is 23.3 Å². The smallest absolute Gasteiger partial charge is 0.258 e. The maximum absolute atomic E-state index is 13.7. The summed E-state index contributed by atoms with van der Waals surface area (Å²) >= 11 is 0. The van der Waals surface area contributed by atoms with Crippen LogP contribution in [0.1, 0.15) is 23.2 Å². The van der Waals surface area contributed by atoms with Gasteiger partial charge in [-0.3, -0.25) is 4.79 Å². The Morgan fingerprint density at radius 3 is 2.33 bits per heavy atom. The number of nitrogens with one attached hydrogen (secondary N) is 1. The van der Waals surface area contributed by atoms with Gasteiger partial charge in [0, 0.05) is 13.1 Å². The molecule has 1 fully saturated rings. The maximum atomic E-state index is 13.7. The fraction of sp³-hybridized carbons (Fsp3) is 0.235. The summed E-state index contributed by atoms with van der Waals surface area (Å²) in [5.41, 5.74) is 0.253. The number of benzene rings is 2. The molecule has 1 N–H and O–H groups in total. The number of nitrogens with zero attached hydrogens (tertiary/aromatic N) is 1. The number of carbonyl (C=O) groups is 1. The summed E-state index contributed by atoms with van der Waals surface area (Å²) in [5, 5.41) is 2.44. The second-order valence-electron chi connectivity index (χ2n) is 5.51. The predicted octanol–water partition coefficient (Wildman–Crippen LogP) is 4.10. The van der Waals surface area contributed by atoms with Gasteiger partial charge >= 0.3 is 0 Å². The summed E-state index contributed by atoms with van der Waals surface area (Å²) in [7, 11) is 0. The molecule has 1 heterocycles. The van der Waals surface area contributed by atoms with E-state index in [1.807, 2.05) is 0 Å². The molecular formula is C17H14F4N2O. The third-order valence-electron chi connectivity index (χ3n) is 3.95. The molecular weight excluding hydrogens is 324 g/mol. The normalized spacial score (nSPS) is 14.1. The molecule has 0 aromatic heterocycles. The van der Waals surface area contributed by atoms with Crippen LogP contribution in [0.4, 0.5) is 28.9 Å². The van der Waals surface area contributed by atoms with Crippen molar-refractivity contribution in [1.29, 1.82) is 0 Å². The van der Waals surface area contributed by atoms with Gasteiger partial charge in [-0.05, 0) is 31.0 Å². The minimum absolute atomic E-state index is 0.349. The van der Waals surface area contributed by atoms with Gasteiger partial charge in [0.1, 0.15) is 0 Å². The Morgan fingerprint density at radius 1 is 0.958 bits per heavy atom. The van der Waals surface area contributed by atoms with Crippen LogP contribution in [0.15, 0.2) is 30.3 Å². The average Bonchev–Trinajstić information content (AvgIpc) is 3.11. The van der Waals surface area contributed by atoms with Crippen LogP contribution in [0.5, 0.6) is 0 Å². The number of rotatable bonds is 3. The summed E-state index contributed by atoms with van der Waals surface area (Å²) in [6, 6.07) is 7.23. The molecule has 24 heavy (non-hydrogen) atoms. The zero-order valence-corrected chi connectivity index (χ0v) is 12.6. The first kappa shape index (κ1) is 16.3. The van der Waals surface area contributed by atoms with Gasteiger partial charge in [-0.15, -0.1) is 0 Å². The first-order chi connectivity index (χ1) is 11.5. The Kier molecular flexibility index (Phi) is 4.42. The first-order valence-electron chi connectivity index (χ1n) is 7.47. The van der Waals surface area contributed by atoms with Crippen molar-refractivity contribution in [2.75, 3.05) is 23.3 Å². The molecule has 0 saturated carbocycles. The van der Waals surface area contributed by atoms with Gasteiger partial charge in [-0.2, -0.15) is 0 Å². The Morgan fingerprint density at radius 2 is 1.62 bits per heavy atom. The number of amides is 1. The van der Waals surface area contributed by atoms with Gasteiger partial charge in [-0.1, -0.05) is 12.1 Å². The van der Waals surface area contributed by atoms with Gasteiger partial charge in [0.25, 0.3) is 5.91 Å². The van der Waals surface area contributed by atoms with E-state index in [4.69, 9.17) is 0 Å². The highest BCUT2D eigenvalue weighted by atomic mass is 19.2. The van der Waals surface area contributed by atoms with Gasteiger partial charge in [-0.25, -0.2) is 17.6 Å². The Labute approximate surface area is 135 Å². The molecule has 1 aliphatic rings. The van der Waals surface area contributed by atoms with Crippen LogP contribution in [0.25, 0.3) is 0 Å². The molecule has 0 radical (unpaired) electrons. The SMILES string of the molecule is O=C(Nc1ccccc1N1CCCC1)c1cc(F)c(F)c(F)c1F. The molecule has 1 amide bonds. The molecule has 7 heteroatoms. The van der Waals surface area contributed by atoms with Crippen LogP contribution in [0, 0.1) is 23.3 Å². The lowest BCUT2D eigenvalue weighted by atomic mass is 10.1. The van der Waals surface area contributed by atoms with E-state index < -0.39 is 34.7 Å². The summed E-state index contributed by atoms with van der Waals surface area (Å²) in [5.74, 6) is -8.33. The van der Waals surface area contributed by atoms with Crippen molar-refractivity contribution >= 4 is 17.3 Å². The second kappa shape index (κ2) is 6.51. The lowest BCUT2D eigenvalue weighted by Gasteiger charge is -2.21. The van der Waals surface area contributed by atoms with Crippen molar-refractivity contribution in [3.8, 4) is 0 Å². The van der Waals surface area contributed by atoms with Crippen molar-refractivity contribution in [3.63, 3.8) is 0 Å². The van der Waals surface area contributed by atoms with Crippen molar-refractivity contribution < 1.29 is 22.4 Å². The highest BCUT2D eigenvalue weighted by Gasteiger charge is 2.24. The molecule has 0 bridgehead atoms. The van der Waals surface area contributed by atoms with Crippen LogP contribution in [-0.4, -0.2) is 19.0 Å². The standard InChI is InChI=1S/C17H14F4N2O/c18-11-9-10(14(19)16(21)15(11)20)17(24)22-12-5-1-2-6-13(12)23-7-3-4-8-23/h1-2,5-6,9H,3-4,7-8H2,(H,22,24). The van der Waals surface area contributed by atoms with E-state index in [0.717, 1.165) is 31.6 Å². The van der Waals surface area contributed by atoms with E-state index in [1.165, 1.54) is 0 Å². The summed E-state index contributed by atoms with van der Waals surface area (Å²) in [6.07, 6.45) is 2.04. The lowest BCUT2D eigenvalue weighted by molar-refractivity contribution is 0.102. The zero-order chi connectivity index (χ0) is 17.3. The number of carbonyl (C=O) groups excluding carboxylic acids is 1. The van der Waals surface area contributed by atoms with Crippen molar-refractivity contribution in [1.82, 2.24) is 0 Å². The van der Waals surface area contributed by atoms with Gasteiger partial charge in [0.2, 0.25) is 0 Å². The van der Waals surface area contributed by atoms with Gasteiger partial charge < -0.3 is 10.2 Å². The number of hydrogen-bond acceptors (Lipinski definition) is 2. The fourth-order valence-corrected chi connectivity index (χ4v) is 2.74. The van der Waals surface area contributed by atoms with Crippen LogP contribution >= 0.6 is 0 Å². The summed E-state index contributed by atoms with van der Waals surface area (Å²) in [6.45, 7) is 1.64. The molecule has 3 nitrogen and oxygen atoms in total. The summed E-state index contributed by atoms with van der Waals surface area (Å²) in [4.78, 5) is 14.2. The molecule has 1 saturated heterocycles. The lowest BCUT2D eigenvalue weighted by Crippen LogP contribution is -2.22. The number of hydrogen-bond donors (Lipinski definition) is 1. The summed E-state index contributed by atoms with van der Waals surface area (Å²) < 4.78 is 53.3. The third kappa shape index (κ3) is 2.93. The minimum atomic E-state index is -2.01. The van der Waals surface area contributed by atoms with Crippen LogP contribution in [0.2, 0.25) is 0 Å². The van der Waals surface area contributed by atoms with E-state index in [1.54, 1.807) is 24.3 Å². The van der Waals surface area contributed by atoms with E-state index in [2.05, 4.69) is 10.2 Å². The average molecular weight is 338 g/mol. The Balaban J connectivity index is 1.91. The molecule has 0 atom stereocenters. The number of anilines is 2. The molecule has 0 aliphatic carbocycles. The van der Waals surface area contributed by atoms with Gasteiger partial charge in [0.05, 0.1) is 16.9 Å². The van der Waals surface area contributed by atoms with Crippen molar-refractivity contribution in [3.05, 3.63) is 59.2 Å². The third-order valence-corrected chi connectivity index (χ3v) is 3.95. The van der Waals surface area contributed by atoms with Crippen LogP contribution in [-0.2, 0) is 0 Å². The van der Waals surface area contributed by atoms with E-state index in [0.29, 0.717) is 11.8 Å². The maximum Gasteiger partial charge on any atom is 0.258 e. The first-order valence-corrected chi connectivity index (χ1v) is 7.47. The molecule has 1 aliphatic heterocycles. The fourth-order valence-electron chi connectivity index (χ4n) is 2.74. The predicted molar refractivity (Wildman–Crippen MR) is 82.1 cm³/mol. The number of para-hydroxylation sites is 2. The van der Waals surface area contributed by atoms with Crippen LogP contribution in [0.3, 0.4) is 0 Å². The monoisotopic (exact) mass is 338 g/mol. The Hall–Kier alpha value is -2.57. The highest BCUT2D eigenvalue weighted by molar-refractivity contribution is 6.06. The molecule has 2 aromatic carbocycles.